The van der Waals surface area contributed by atoms with Gasteiger partial charge in [-0.05, 0) is 0 Å². The zero-order valence-electron chi connectivity index (χ0n) is 10.5. The van der Waals surface area contributed by atoms with Gasteiger partial charge in [-0.15, -0.1) is 0 Å². The van der Waals surface area contributed by atoms with E-state index < -0.39 is 4.92 Å². The molecule has 6 nitrogen and oxygen atoms in total. The molecule has 0 saturated carbocycles. The number of carbonyl (C=O) groups excluding carboxylic acids is 1. The molecule has 1 rings (SSSR count). The summed E-state index contributed by atoms with van der Waals surface area (Å²) in [5, 5.41) is 13.8. The highest BCUT2D eigenvalue weighted by atomic mass is 16.6. The lowest BCUT2D eigenvalue weighted by molar-refractivity contribution is -0.385. The first-order valence-corrected chi connectivity index (χ1v) is 5.65. The van der Waals surface area contributed by atoms with E-state index in [1.54, 1.807) is 32.3 Å². The third kappa shape index (κ3) is 4.14. The van der Waals surface area contributed by atoms with Gasteiger partial charge in [-0.25, -0.2) is 0 Å². The summed E-state index contributed by atoms with van der Waals surface area (Å²) in [5.74, 6) is 0.0325. The van der Waals surface area contributed by atoms with Crippen LogP contribution in [0.4, 0.5) is 5.69 Å². The lowest BCUT2D eigenvalue weighted by atomic mass is 10.2. The van der Waals surface area contributed by atoms with Crippen LogP contribution in [0.5, 0.6) is 0 Å². The molecule has 1 N–H and O–H groups in total. The molecule has 0 aliphatic rings. The minimum Gasteiger partial charge on any atom is -0.349 e. The number of hydrogen-bond acceptors (Lipinski definition) is 4. The zero-order valence-corrected chi connectivity index (χ0v) is 10.5. The van der Waals surface area contributed by atoms with Crippen LogP contribution in [0, 0.1) is 10.1 Å². The van der Waals surface area contributed by atoms with Crippen molar-refractivity contribution in [2.45, 2.75) is 13.0 Å². The highest BCUT2D eigenvalue weighted by molar-refractivity contribution is 5.75. The summed E-state index contributed by atoms with van der Waals surface area (Å²) in [7, 11) is 3.40. The van der Waals surface area contributed by atoms with Crippen LogP contribution in [-0.2, 0) is 11.3 Å². The molecule has 0 aliphatic carbocycles. The van der Waals surface area contributed by atoms with E-state index in [4.69, 9.17) is 0 Å². The Balaban J connectivity index is 2.45. The van der Waals surface area contributed by atoms with Gasteiger partial charge in [0.2, 0.25) is 5.91 Å². The number of nitrogens with one attached hydrogen (secondary N) is 1. The van der Waals surface area contributed by atoms with E-state index in [9.17, 15) is 14.9 Å². The van der Waals surface area contributed by atoms with Crippen LogP contribution < -0.4 is 5.32 Å². The van der Waals surface area contributed by atoms with E-state index in [0.29, 0.717) is 25.1 Å². The van der Waals surface area contributed by atoms with Crippen LogP contribution in [0.25, 0.3) is 0 Å². The summed E-state index contributed by atoms with van der Waals surface area (Å²) in [6.07, 6.45) is 0.383. The highest BCUT2D eigenvalue weighted by Crippen LogP contribution is 2.16. The molecule has 0 heterocycles. The van der Waals surface area contributed by atoms with Crippen molar-refractivity contribution in [2.75, 3.05) is 20.6 Å². The maximum Gasteiger partial charge on any atom is 0.273 e. The summed E-state index contributed by atoms with van der Waals surface area (Å²) in [6.45, 7) is 0.890. The first-order valence-electron chi connectivity index (χ1n) is 5.65. The van der Waals surface area contributed by atoms with Gasteiger partial charge in [0.25, 0.3) is 5.69 Å². The normalized spacial score (nSPS) is 10.1. The minimum atomic E-state index is -0.401. The molecule has 18 heavy (non-hydrogen) atoms. The molecule has 6 heteroatoms. The van der Waals surface area contributed by atoms with Crippen molar-refractivity contribution in [3.8, 4) is 0 Å². The topological polar surface area (TPSA) is 75.5 Å². The van der Waals surface area contributed by atoms with Gasteiger partial charge in [-0.3, -0.25) is 14.9 Å². The molecule has 1 amide bonds. The Morgan fingerprint density at radius 2 is 2.06 bits per heavy atom. The summed E-state index contributed by atoms with van der Waals surface area (Å²) in [5.41, 5.74) is 0.726. The van der Waals surface area contributed by atoms with Crippen molar-refractivity contribution >= 4 is 11.6 Å². The monoisotopic (exact) mass is 251 g/mol. The van der Waals surface area contributed by atoms with Crippen molar-refractivity contribution in [3.05, 3.63) is 39.9 Å². The largest absolute Gasteiger partial charge is 0.349 e. The minimum absolute atomic E-state index is 0.0325. The second kappa shape index (κ2) is 6.70. The van der Waals surface area contributed by atoms with Gasteiger partial charge in [-0.1, -0.05) is 18.2 Å². The van der Waals surface area contributed by atoms with Crippen molar-refractivity contribution in [3.63, 3.8) is 0 Å². The molecule has 1 aromatic carbocycles. The summed E-state index contributed by atoms with van der Waals surface area (Å²) < 4.78 is 0. The maximum atomic E-state index is 11.3. The molecular weight excluding hydrogens is 234 g/mol. The molecule has 0 atom stereocenters. The highest BCUT2D eigenvalue weighted by Gasteiger charge is 2.11. The number of nitrogens with zero attached hydrogens (tertiary/aromatic N) is 2. The van der Waals surface area contributed by atoms with E-state index in [-0.39, 0.29) is 11.6 Å². The summed E-state index contributed by atoms with van der Waals surface area (Å²) in [4.78, 5) is 23.2. The Bertz CT molecular complexity index is 432. The molecule has 0 unspecified atom stereocenters. The van der Waals surface area contributed by atoms with Crippen LogP contribution in [0.3, 0.4) is 0 Å². The molecule has 0 bridgehead atoms. The van der Waals surface area contributed by atoms with Gasteiger partial charge < -0.3 is 10.2 Å². The van der Waals surface area contributed by atoms with E-state index in [0.717, 1.165) is 0 Å². The number of hydrogen-bond donors (Lipinski definition) is 1. The fourth-order valence-corrected chi connectivity index (χ4v) is 1.48. The molecule has 98 valence electrons. The number of nitro benzene ring substituents is 1. The predicted octanol–water partition coefficient (Wildman–Crippen LogP) is 1.16. The van der Waals surface area contributed by atoms with Gasteiger partial charge >= 0.3 is 0 Å². The fourth-order valence-electron chi connectivity index (χ4n) is 1.48. The summed E-state index contributed by atoms with van der Waals surface area (Å²) in [6, 6.07) is 6.58. The van der Waals surface area contributed by atoms with Crippen LogP contribution in [0.15, 0.2) is 24.3 Å². The number of benzene rings is 1. The second-order valence-electron chi connectivity index (χ2n) is 4.10. The molecular formula is C12H17N3O3. The third-order valence-electron chi connectivity index (χ3n) is 2.52. The Labute approximate surface area is 106 Å². The number of nitro groups is 1. The van der Waals surface area contributed by atoms with Crippen molar-refractivity contribution < 1.29 is 9.72 Å². The Kier molecular flexibility index (Phi) is 5.26. The van der Waals surface area contributed by atoms with Gasteiger partial charge in [0.05, 0.1) is 4.92 Å². The van der Waals surface area contributed by atoms with Crippen LogP contribution in [-0.4, -0.2) is 36.4 Å². The lowest BCUT2D eigenvalue weighted by Crippen LogP contribution is -2.26. The molecule has 0 aromatic heterocycles. The average Bonchev–Trinajstić information content (AvgIpc) is 2.34. The molecule has 1 aromatic rings. The fraction of sp³-hybridized carbons (Fsp3) is 0.417. The number of rotatable bonds is 6. The first-order chi connectivity index (χ1) is 8.52. The first kappa shape index (κ1) is 14.1. The van der Waals surface area contributed by atoms with Crippen LogP contribution >= 0.6 is 0 Å². The third-order valence-corrected chi connectivity index (χ3v) is 2.52. The Morgan fingerprint density at radius 1 is 1.39 bits per heavy atom. The Hall–Kier alpha value is -1.95. The van der Waals surface area contributed by atoms with Crippen molar-refractivity contribution in [2.24, 2.45) is 0 Å². The number of carbonyl (C=O) groups is 1. The van der Waals surface area contributed by atoms with Crippen LogP contribution in [0.2, 0.25) is 0 Å². The maximum absolute atomic E-state index is 11.3. The van der Waals surface area contributed by atoms with E-state index in [1.807, 2.05) is 0 Å². The molecule has 0 fully saturated rings. The van der Waals surface area contributed by atoms with Crippen molar-refractivity contribution in [1.82, 2.24) is 10.2 Å². The SMILES string of the molecule is CN(C)C(=O)CCNCc1ccccc1[N+](=O)[O-]. The standard InChI is InChI=1S/C12H17N3O3/c1-14(2)12(16)7-8-13-9-10-5-3-4-6-11(10)15(17)18/h3-6,13H,7-9H2,1-2H3. The van der Waals surface area contributed by atoms with E-state index in [1.165, 1.54) is 11.0 Å². The lowest BCUT2D eigenvalue weighted by Gasteiger charge is -2.10. The van der Waals surface area contributed by atoms with Crippen molar-refractivity contribution in [1.29, 1.82) is 0 Å². The quantitative estimate of drug-likeness (QED) is 0.467. The van der Waals surface area contributed by atoms with Crippen LogP contribution in [0.1, 0.15) is 12.0 Å². The van der Waals surface area contributed by atoms with Gasteiger partial charge in [0.15, 0.2) is 0 Å². The van der Waals surface area contributed by atoms with E-state index in [2.05, 4.69) is 5.32 Å². The smallest absolute Gasteiger partial charge is 0.273 e. The molecule has 0 spiro atoms. The average molecular weight is 251 g/mol. The molecule has 0 saturated heterocycles. The number of para-hydroxylation sites is 1. The van der Waals surface area contributed by atoms with Gasteiger partial charge in [0.1, 0.15) is 0 Å². The number of amides is 1. The molecule has 0 radical (unpaired) electrons. The van der Waals surface area contributed by atoms with E-state index >= 15 is 0 Å². The molecule has 0 aliphatic heterocycles. The van der Waals surface area contributed by atoms with Gasteiger partial charge in [-0.2, -0.15) is 0 Å². The van der Waals surface area contributed by atoms with Gasteiger partial charge in [0, 0.05) is 45.2 Å². The zero-order chi connectivity index (χ0) is 13.5. The second-order valence-corrected chi connectivity index (χ2v) is 4.10. The summed E-state index contributed by atoms with van der Waals surface area (Å²) >= 11 is 0. The predicted molar refractivity (Wildman–Crippen MR) is 68.1 cm³/mol. The Morgan fingerprint density at radius 3 is 2.67 bits per heavy atom.